The van der Waals surface area contributed by atoms with Gasteiger partial charge in [-0.2, -0.15) is 0 Å². The standard InChI is InChI=1S/C18H21NO/c1-2-20-16-7-5-6-14(13-16)12-15-10-11-19-18-9-4-3-8-17(15)18/h3-9,13,15,19H,2,10-12H2,1H3. The van der Waals surface area contributed by atoms with Gasteiger partial charge in [0.05, 0.1) is 6.61 Å². The number of fused-ring (bicyclic) bond motifs is 1. The minimum absolute atomic E-state index is 0.601. The van der Waals surface area contributed by atoms with Crippen LogP contribution in [0.3, 0.4) is 0 Å². The number of anilines is 1. The molecule has 104 valence electrons. The van der Waals surface area contributed by atoms with E-state index in [1.807, 2.05) is 13.0 Å². The highest BCUT2D eigenvalue weighted by molar-refractivity contribution is 5.55. The van der Waals surface area contributed by atoms with Crippen LogP contribution in [0.4, 0.5) is 5.69 Å². The lowest BCUT2D eigenvalue weighted by molar-refractivity contribution is 0.340. The van der Waals surface area contributed by atoms with Crippen LogP contribution in [0.2, 0.25) is 0 Å². The van der Waals surface area contributed by atoms with Crippen LogP contribution in [0, 0.1) is 0 Å². The molecule has 0 aliphatic carbocycles. The Labute approximate surface area is 120 Å². The van der Waals surface area contributed by atoms with E-state index in [0.29, 0.717) is 5.92 Å². The van der Waals surface area contributed by atoms with Gasteiger partial charge in [-0.05, 0) is 55.0 Å². The van der Waals surface area contributed by atoms with Crippen LogP contribution in [-0.4, -0.2) is 13.2 Å². The molecule has 0 saturated heterocycles. The number of ether oxygens (including phenoxy) is 1. The lowest BCUT2D eigenvalue weighted by atomic mass is 9.86. The summed E-state index contributed by atoms with van der Waals surface area (Å²) in [7, 11) is 0. The van der Waals surface area contributed by atoms with Crippen molar-refractivity contribution in [3.05, 3.63) is 59.7 Å². The molecule has 1 N–H and O–H groups in total. The molecule has 3 rings (SSSR count). The van der Waals surface area contributed by atoms with E-state index < -0.39 is 0 Å². The molecule has 20 heavy (non-hydrogen) atoms. The first-order valence-corrected chi connectivity index (χ1v) is 7.41. The van der Waals surface area contributed by atoms with Crippen molar-refractivity contribution in [2.75, 3.05) is 18.5 Å². The van der Waals surface area contributed by atoms with Crippen LogP contribution in [0.15, 0.2) is 48.5 Å². The summed E-state index contributed by atoms with van der Waals surface area (Å²) >= 11 is 0. The van der Waals surface area contributed by atoms with Crippen molar-refractivity contribution in [2.24, 2.45) is 0 Å². The van der Waals surface area contributed by atoms with Gasteiger partial charge in [0.2, 0.25) is 0 Å². The van der Waals surface area contributed by atoms with E-state index in [-0.39, 0.29) is 0 Å². The van der Waals surface area contributed by atoms with Gasteiger partial charge in [-0.1, -0.05) is 30.3 Å². The predicted octanol–water partition coefficient (Wildman–Crippen LogP) is 4.23. The average Bonchev–Trinajstić information content (AvgIpc) is 2.48. The van der Waals surface area contributed by atoms with E-state index in [1.54, 1.807) is 0 Å². The van der Waals surface area contributed by atoms with E-state index in [9.17, 15) is 0 Å². The minimum atomic E-state index is 0.601. The molecule has 0 saturated carbocycles. The van der Waals surface area contributed by atoms with Crippen molar-refractivity contribution in [3.8, 4) is 5.75 Å². The van der Waals surface area contributed by atoms with Crippen LogP contribution in [0.5, 0.6) is 5.75 Å². The maximum Gasteiger partial charge on any atom is 0.119 e. The molecule has 2 aromatic rings. The summed E-state index contributed by atoms with van der Waals surface area (Å²) in [5.41, 5.74) is 4.10. The quantitative estimate of drug-likeness (QED) is 0.895. The summed E-state index contributed by atoms with van der Waals surface area (Å²) in [6.45, 7) is 3.81. The van der Waals surface area contributed by atoms with Gasteiger partial charge in [-0.15, -0.1) is 0 Å². The zero-order valence-electron chi connectivity index (χ0n) is 11.9. The van der Waals surface area contributed by atoms with E-state index in [1.165, 1.54) is 23.2 Å². The summed E-state index contributed by atoms with van der Waals surface area (Å²) in [5, 5.41) is 3.49. The Kier molecular flexibility index (Phi) is 3.91. The van der Waals surface area contributed by atoms with Crippen molar-refractivity contribution in [2.45, 2.75) is 25.7 Å². The Morgan fingerprint density at radius 3 is 2.95 bits per heavy atom. The summed E-state index contributed by atoms with van der Waals surface area (Å²) in [5.74, 6) is 1.58. The van der Waals surface area contributed by atoms with Crippen LogP contribution in [0.1, 0.15) is 30.4 Å². The number of rotatable bonds is 4. The van der Waals surface area contributed by atoms with Crippen LogP contribution in [-0.2, 0) is 6.42 Å². The second kappa shape index (κ2) is 6.00. The molecular formula is C18H21NO. The first kappa shape index (κ1) is 13.0. The molecule has 0 spiro atoms. The molecule has 1 atom stereocenters. The second-order valence-electron chi connectivity index (χ2n) is 5.28. The summed E-state index contributed by atoms with van der Waals surface area (Å²) in [6.07, 6.45) is 2.27. The molecule has 1 aliphatic heterocycles. The van der Waals surface area contributed by atoms with Gasteiger partial charge in [0.1, 0.15) is 5.75 Å². The van der Waals surface area contributed by atoms with Crippen molar-refractivity contribution in [1.82, 2.24) is 0 Å². The van der Waals surface area contributed by atoms with Gasteiger partial charge in [0, 0.05) is 12.2 Å². The molecule has 2 aromatic carbocycles. The maximum atomic E-state index is 5.59. The highest BCUT2D eigenvalue weighted by Gasteiger charge is 2.19. The molecule has 1 heterocycles. The largest absolute Gasteiger partial charge is 0.494 e. The first-order valence-electron chi connectivity index (χ1n) is 7.41. The van der Waals surface area contributed by atoms with Gasteiger partial charge in [0.25, 0.3) is 0 Å². The number of benzene rings is 2. The fourth-order valence-electron chi connectivity index (χ4n) is 2.98. The fraction of sp³-hybridized carbons (Fsp3) is 0.333. The van der Waals surface area contributed by atoms with E-state index in [0.717, 1.165) is 25.3 Å². The van der Waals surface area contributed by atoms with Gasteiger partial charge >= 0.3 is 0 Å². The smallest absolute Gasteiger partial charge is 0.119 e. The molecule has 1 unspecified atom stereocenters. The van der Waals surface area contributed by atoms with Crippen molar-refractivity contribution < 1.29 is 4.74 Å². The van der Waals surface area contributed by atoms with Gasteiger partial charge in [0.15, 0.2) is 0 Å². The molecule has 1 aliphatic rings. The van der Waals surface area contributed by atoms with Gasteiger partial charge in [-0.25, -0.2) is 0 Å². The highest BCUT2D eigenvalue weighted by atomic mass is 16.5. The molecule has 0 amide bonds. The third kappa shape index (κ3) is 2.79. The molecule has 2 heteroatoms. The SMILES string of the molecule is CCOc1cccc(CC2CCNc3ccccc32)c1. The van der Waals surface area contributed by atoms with Crippen molar-refractivity contribution in [1.29, 1.82) is 0 Å². The number of hydrogen-bond acceptors (Lipinski definition) is 2. The Morgan fingerprint density at radius 1 is 1.15 bits per heavy atom. The molecule has 0 bridgehead atoms. The fourth-order valence-corrected chi connectivity index (χ4v) is 2.98. The molecule has 0 radical (unpaired) electrons. The Hall–Kier alpha value is -1.96. The van der Waals surface area contributed by atoms with E-state index in [4.69, 9.17) is 4.74 Å². The Bertz CT molecular complexity index is 579. The third-order valence-corrected chi connectivity index (χ3v) is 3.90. The molecule has 0 fully saturated rings. The zero-order chi connectivity index (χ0) is 13.8. The van der Waals surface area contributed by atoms with Crippen LogP contribution >= 0.6 is 0 Å². The summed E-state index contributed by atoms with van der Waals surface area (Å²) in [4.78, 5) is 0. The highest BCUT2D eigenvalue weighted by Crippen LogP contribution is 2.34. The van der Waals surface area contributed by atoms with Crippen LogP contribution in [0.25, 0.3) is 0 Å². The summed E-state index contributed by atoms with van der Waals surface area (Å²) in [6, 6.07) is 17.2. The molecule has 2 nitrogen and oxygen atoms in total. The lowest BCUT2D eigenvalue weighted by Gasteiger charge is -2.26. The van der Waals surface area contributed by atoms with Crippen molar-refractivity contribution >= 4 is 5.69 Å². The lowest BCUT2D eigenvalue weighted by Crippen LogP contribution is -2.18. The maximum absolute atomic E-state index is 5.59. The normalized spacial score (nSPS) is 17.1. The predicted molar refractivity (Wildman–Crippen MR) is 83.6 cm³/mol. The average molecular weight is 267 g/mol. The molecular weight excluding hydrogens is 246 g/mol. The van der Waals surface area contributed by atoms with Crippen molar-refractivity contribution in [3.63, 3.8) is 0 Å². The number of nitrogens with one attached hydrogen (secondary N) is 1. The Morgan fingerprint density at radius 2 is 2.05 bits per heavy atom. The second-order valence-corrected chi connectivity index (χ2v) is 5.28. The molecule has 0 aromatic heterocycles. The number of para-hydroxylation sites is 1. The number of hydrogen-bond donors (Lipinski definition) is 1. The first-order chi connectivity index (χ1) is 9.86. The van der Waals surface area contributed by atoms with E-state index >= 15 is 0 Å². The van der Waals surface area contributed by atoms with Gasteiger partial charge < -0.3 is 10.1 Å². The zero-order valence-corrected chi connectivity index (χ0v) is 11.9. The van der Waals surface area contributed by atoms with Gasteiger partial charge in [-0.3, -0.25) is 0 Å². The van der Waals surface area contributed by atoms with E-state index in [2.05, 4.69) is 47.8 Å². The Balaban J connectivity index is 1.80. The summed E-state index contributed by atoms with van der Waals surface area (Å²) < 4.78 is 5.59. The minimum Gasteiger partial charge on any atom is -0.494 e. The topological polar surface area (TPSA) is 21.3 Å². The third-order valence-electron chi connectivity index (χ3n) is 3.90. The monoisotopic (exact) mass is 267 g/mol. The van der Waals surface area contributed by atoms with Crippen LogP contribution < -0.4 is 10.1 Å².